The summed E-state index contributed by atoms with van der Waals surface area (Å²) >= 11 is 0. The Hall–Kier alpha value is -1.02. The Morgan fingerprint density at radius 3 is 2.41 bits per heavy atom. The van der Waals surface area contributed by atoms with Crippen molar-refractivity contribution in [2.24, 2.45) is 10.4 Å². The molecule has 27 heavy (non-hydrogen) atoms. The summed E-state index contributed by atoms with van der Waals surface area (Å²) in [6, 6.07) is 8.30. The zero-order valence-electron chi connectivity index (χ0n) is 17.3. The maximum Gasteiger partial charge on any atom is 0.193 e. The molecule has 0 aliphatic heterocycles. The third kappa shape index (κ3) is 8.25. The monoisotopic (exact) mass is 489 g/mol. The Morgan fingerprint density at radius 2 is 1.85 bits per heavy atom. The number of benzene rings is 1. The summed E-state index contributed by atoms with van der Waals surface area (Å²) in [7, 11) is 2.09. The zero-order valence-corrected chi connectivity index (χ0v) is 19.6. The highest BCUT2D eigenvalue weighted by atomic mass is 127. The molecule has 0 radical (unpaired) electrons. The van der Waals surface area contributed by atoms with Crippen molar-refractivity contribution in [2.75, 3.05) is 40.0 Å². The normalized spacial score (nSPS) is 15.0. The van der Waals surface area contributed by atoms with Gasteiger partial charge in [0.15, 0.2) is 5.96 Å². The van der Waals surface area contributed by atoms with Crippen LogP contribution in [0.25, 0.3) is 0 Å². The number of rotatable bonds is 11. The van der Waals surface area contributed by atoms with E-state index in [1.54, 1.807) is 0 Å². The van der Waals surface area contributed by atoms with Crippen LogP contribution in [-0.2, 0) is 11.3 Å². The van der Waals surface area contributed by atoms with Crippen LogP contribution in [-0.4, -0.2) is 50.8 Å². The topological polar surface area (TPSA) is 46.1 Å². The molecule has 2 rings (SSSR count). The molecular weight excluding hydrogens is 453 g/mol. The molecule has 1 aromatic carbocycles. The van der Waals surface area contributed by atoms with E-state index < -0.39 is 0 Å². The van der Waals surface area contributed by atoms with Crippen molar-refractivity contribution in [3.05, 3.63) is 29.8 Å². The van der Waals surface area contributed by atoms with Gasteiger partial charge in [0.1, 0.15) is 5.75 Å². The highest BCUT2D eigenvalue weighted by molar-refractivity contribution is 14.0. The lowest BCUT2D eigenvalue weighted by Gasteiger charge is -2.23. The number of ether oxygens (including phenoxy) is 2. The molecule has 6 heteroatoms. The van der Waals surface area contributed by atoms with Gasteiger partial charge in [0, 0.05) is 39.9 Å². The van der Waals surface area contributed by atoms with Gasteiger partial charge in [-0.1, -0.05) is 12.1 Å². The molecule has 1 N–H and O–H groups in total. The Labute approximate surface area is 181 Å². The average molecular weight is 489 g/mol. The Morgan fingerprint density at radius 1 is 1.15 bits per heavy atom. The van der Waals surface area contributed by atoms with Gasteiger partial charge in [0.2, 0.25) is 0 Å². The van der Waals surface area contributed by atoms with Gasteiger partial charge in [-0.15, -0.1) is 24.0 Å². The summed E-state index contributed by atoms with van der Waals surface area (Å²) in [6.07, 6.45) is 3.66. The molecule has 1 fully saturated rings. The minimum atomic E-state index is 0. The van der Waals surface area contributed by atoms with Gasteiger partial charge in [0.25, 0.3) is 0 Å². The van der Waals surface area contributed by atoms with Crippen LogP contribution in [0.15, 0.2) is 29.3 Å². The summed E-state index contributed by atoms with van der Waals surface area (Å²) < 4.78 is 11.0. The molecule has 1 aliphatic carbocycles. The molecule has 1 aromatic rings. The zero-order chi connectivity index (χ0) is 18.8. The molecule has 0 bridgehead atoms. The molecule has 1 aliphatic rings. The lowest BCUT2D eigenvalue weighted by atomic mass is 10.0. The van der Waals surface area contributed by atoms with Crippen molar-refractivity contribution in [3.8, 4) is 5.75 Å². The van der Waals surface area contributed by atoms with E-state index in [2.05, 4.69) is 43.2 Å². The predicted molar refractivity (Wildman–Crippen MR) is 123 cm³/mol. The van der Waals surface area contributed by atoms with Gasteiger partial charge in [-0.2, -0.15) is 0 Å². The summed E-state index contributed by atoms with van der Waals surface area (Å²) in [6.45, 7) is 11.1. The molecule has 0 aromatic heterocycles. The standard InChI is InChI=1S/C21H35N3O2.HI/c1-5-22-20(23-17-21(12-13-21)14-15-25-6-2)24(4)16-18-8-10-19(11-9-18)26-7-3;/h8-11H,5-7,12-17H2,1-4H3,(H,22,23);1H. The van der Waals surface area contributed by atoms with Crippen LogP contribution in [0.3, 0.4) is 0 Å². The van der Waals surface area contributed by atoms with E-state index in [1.165, 1.54) is 18.4 Å². The summed E-state index contributed by atoms with van der Waals surface area (Å²) in [5.41, 5.74) is 1.62. The molecule has 154 valence electrons. The lowest BCUT2D eigenvalue weighted by Crippen LogP contribution is -2.39. The SMILES string of the molecule is CCNC(=NCC1(CCOCC)CC1)N(C)Cc1ccc(OCC)cc1.I. The third-order valence-electron chi connectivity index (χ3n) is 4.85. The highest BCUT2D eigenvalue weighted by Crippen LogP contribution is 2.49. The molecule has 1 saturated carbocycles. The number of aliphatic imine (C=N–C) groups is 1. The van der Waals surface area contributed by atoms with E-state index in [0.29, 0.717) is 12.0 Å². The van der Waals surface area contributed by atoms with E-state index in [0.717, 1.165) is 51.0 Å². The van der Waals surface area contributed by atoms with Gasteiger partial charge in [0.05, 0.1) is 6.61 Å². The Balaban J connectivity index is 0.00000364. The smallest absolute Gasteiger partial charge is 0.193 e. The minimum Gasteiger partial charge on any atom is -0.494 e. The van der Waals surface area contributed by atoms with Gasteiger partial charge in [-0.05, 0) is 63.1 Å². The number of hydrogen-bond acceptors (Lipinski definition) is 3. The van der Waals surface area contributed by atoms with Crippen molar-refractivity contribution in [1.29, 1.82) is 0 Å². The first-order valence-electron chi connectivity index (χ1n) is 9.91. The molecule has 0 spiro atoms. The minimum absolute atomic E-state index is 0. The van der Waals surface area contributed by atoms with Crippen molar-refractivity contribution >= 4 is 29.9 Å². The van der Waals surface area contributed by atoms with Crippen molar-refractivity contribution in [2.45, 2.75) is 46.6 Å². The van der Waals surface area contributed by atoms with Crippen LogP contribution in [0.5, 0.6) is 5.75 Å². The molecule has 0 saturated heterocycles. The molecule has 0 atom stereocenters. The maximum absolute atomic E-state index is 5.53. The highest BCUT2D eigenvalue weighted by Gasteiger charge is 2.42. The van der Waals surface area contributed by atoms with Crippen LogP contribution >= 0.6 is 24.0 Å². The van der Waals surface area contributed by atoms with Crippen LogP contribution in [0.1, 0.15) is 45.6 Å². The number of nitrogens with one attached hydrogen (secondary N) is 1. The van der Waals surface area contributed by atoms with Crippen molar-refractivity contribution in [1.82, 2.24) is 10.2 Å². The van der Waals surface area contributed by atoms with Crippen LogP contribution < -0.4 is 10.1 Å². The molecule has 5 nitrogen and oxygen atoms in total. The fourth-order valence-electron chi connectivity index (χ4n) is 3.02. The van der Waals surface area contributed by atoms with Gasteiger partial charge < -0.3 is 19.7 Å². The van der Waals surface area contributed by atoms with E-state index in [-0.39, 0.29) is 24.0 Å². The van der Waals surface area contributed by atoms with Crippen LogP contribution in [0.4, 0.5) is 0 Å². The fraction of sp³-hybridized carbons (Fsp3) is 0.667. The van der Waals surface area contributed by atoms with Gasteiger partial charge in [-0.3, -0.25) is 4.99 Å². The number of halogens is 1. The Bertz CT molecular complexity index is 559. The largest absolute Gasteiger partial charge is 0.494 e. The summed E-state index contributed by atoms with van der Waals surface area (Å²) in [5.74, 6) is 1.90. The summed E-state index contributed by atoms with van der Waals surface area (Å²) in [5, 5.41) is 3.42. The first-order chi connectivity index (χ1) is 12.6. The maximum atomic E-state index is 5.53. The van der Waals surface area contributed by atoms with Crippen molar-refractivity contribution < 1.29 is 9.47 Å². The van der Waals surface area contributed by atoms with Crippen molar-refractivity contribution in [3.63, 3.8) is 0 Å². The predicted octanol–water partition coefficient (Wildman–Crippen LogP) is 4.31. The average Bonchev–Trinajstić information content (AvgIpc) is 3.41. The van der Waals surface area contributed by atoms with Crippen LogP contribution in [0, 0.1) is 5.41 Å². The number of nitrogens with zero attached hydrogens (tertiary/aromatic N) is 2. The summed E-state index contributed by atoms with van der Waals surface area (Å²) in [4.78, 5) is 7.11. The second kappa shape index (κ2) is 12.4. The molecular formula is C21H36IN3O2. The molecule has 0 heterocycles. The number of hydrogen-bond donors (Lipinski definition) is 1. The van der Waals surface area contributed by atoms with E-state index >= 15 is 0 Å². The first-order valence-corrected chi connectivity index (χ1v) is 9.91. The first kappa shape index (κ1) is 24.0. The molecule has 0 amide bonds. The third-order valence-corrected chi connectivity index (χ3v) is 4.85. The molecule has 0 unspecified atom stereocenters. The number of guanidine groups is 1. The Kier molecular flexibility index (Phi) is 11.1. The second-order valence-electron chi connectivity index (χ2n) is 7.05. The van der Waals surface area contributed by atoms with E-state index in [1.807, 2.05) is 19.1 Å². The fourth-order valence-corrected chi connectivity index (χ4v) is 3.02. The quantitative estimate of drug-likeness (QED) is 0.218. The van der Waals surface area contributed by atoms with Crippen LogP contribution in [0.2, 0.25) is 0 Å². The van der Waals surface area contributed by atoms with Gasteiger partial charge >= 0.3 is 0 Å². The lowest BCUT2D eigenvalue weighted by molar-refractivity contribution is 0.129. The van der Waals surface area contributed by atoms with Gasteiger partial charge in [-0.25, -0.2) is 0 Å². The second-order valence-corrected chi connectivity index (χ2v) is 7.05. The van der Waals surface area contributed by atoms with E-state index in [4.69, 9.17) is 14.5 Å². The van der Waals surface area contributed by atoms with E-state index in [9.17, 15) is 0 Å².